The second-order valence-corrected chi connectivity index (χ2v) is 10.3. The highest BCUT2D eigenvalue weighted by Crippen LogP contribution is 2.35. The molecule has 0 bridgehead atoms. The van der Waals surface area contributed by atoms with Crippen molar-refractivity contribution in [2.75, 3.05) is 5.32 Å². The molecular formula is C23H26F2N4O2S2. The molecule has 3 aromatic rings. The lowest BCUT2D eigenvalue weighted by molar-refractivity contribution is -0.115. The van der Waals surface area contributed by atoms with Gasteiger partial charge in [0.25, 0.3) is 0 Å². The molecule has 6 nitrogen and oxygen atoms in total. The number of amides is 1. The lowest BCUT2D eigenvalue weighted by Crippen LogP contribution is -2.24. The average molecular weight is 493 g/mol. The second-order valence-electron chi connectivity index (χ2n) is 7.94. The highest BCUT2D eigenvalue weighted by atomic mass is 32.2. The first-order valence-corrected chi connectivity index (χ1v) is 12.7. The minimum Gasteiger partial charge on any atom is -0.433 e. The maximum Gasteiger partial charge on any atom is 0.387 e. The van der Waals surface area contributed by atoms with Crippen LogP contribution in [-0.2, 0) is 11.2 Å². The zero-order chi connectivity index (χ0) is 23.2. The standard InChI is InChI=1S/C23H26F2N4O2S2/c1-15(21(30)26-18-11-5-6-12-19(18)31-22(24)25)33-23-28-27-20(14-17-10-7-13-32-17)29(23)16-8-3-2-4-9-16/h5-7,10-13,15-16,22H,2-4,8-9,14H2,1H3,(H,26,30). The van der Waals surface area contributed by atoms with Crippen LogP contribution in [0.2, 0.25) is 0 Å². The van der Waals surface area contributed by atoms with Gasteiger partial charge >= 0.3 is 6.61 Å². The Bertz CT molecular complexity index is 1050. The van der Waals surface area contributed by atoms with Gasteiger partial charge in [0, 0.05) is 17.3 Å². The predicted octanol–water partition coefficient (Wildman–Crippen LogP) is 6.16. The number of para-hydroxylation sites is 2. The predicted molar refractivity (Wildman–Crippen MR) is 126 cm³/mol. The topological polar surface area (TPSA) is 69.0 Å². The van der Waals surface area contributed by atoms with Crippen LogP contribution in [0, 0.1) is 0 Å². The number of hydrogen-bond donors (Lipinski definition) is 1. The highest BCUT2D eigenvalue weighted by molar-refractivity contribution is 8.00. The molecule has 10 heteroatoms. The zero-order valence-electron chi connectivity index (χ0n) is 18.2. The molecule has 0 aliphatic heterocycles. The van der Waals surface area contributed by atoms with Gasteiger partial charge in [0.1, 0.15) is 11.6 Å². The minimum atomic E-state index is -2.97. The molecule has 0 spiro atoms. The number of halogens is 2. The van der Waals surface area contributed by atoms with Crippen LogP contribution < -0.4 is 10.1 Å². The Labute approximate surface area is 199 Å². The van der Waals surface area contributed by atoms with Gasteiger partial charge in [0.15, 0.2) is 5.16 Å². The Morgan fingerprint density at radius 3 is 2.73 bits per heavy atom. The summed E-state index contributed by atoms with van der Waals surface area (Å²) < 4.78 is 32.1. The number of nitrogens with zero attached hydrogens (tertiary/aromatic N) is 3. The van der Waals surface area contributed by atoms with Crippen molar-refractivity contribution in [1.82, 2.24) is 14.8 Å². The summed E-state index contributed by atoms with van der Waals surface area (Å²) in [6.07, 6.45) is 6.43. The van der Waals surface area contributed by atoms with E-state index in [9.17, 15) is 13.6 Å². The fourth-order valence-electron chi connectivity index (χ4n) is 4.00. The van der Waals surface area contributed by atoms with Gasteiger partial charge in [-0.05, 0) is 43.3 Å². The van der Waals surface area contributed by atoms with E-state index in [1.165, 1.54) is 48.0 Å². The van der Waals surface area contributed by atoms with E-state index in [4.69, 9.17) is 0 Å². The van der Waals surface area contributed by atoms with E-state index in [0.717, 1.165) is 18.7 Å². The van der Waals surface area contributed by atoms with E-state index in [0.29, 0.717) is 17.6 Å². The number of ether oxygens (including phenoxy) is 1. The Morgan fingerprint density at radius 1 is 1.21 bits per heavy atom. The first kappa shape index (κ1) is 23.7. The molecule has 4 rings (SSSR count). The van der Waals surface area contributed by atoms with Gasteiger partial charge in [-0.25, -0.2) is 0 Å². The van der Waals surface area contributed by atoms with Crippen molar-refractivity contribution < 1.29 is 18.3 Å². The normalized spacial score (nSPS) is 15.5. The zero-order valence-corrected chi connectivity index (χ0v) is 19.9. The van der Waals surface area contributed by atoms with E-state index in [2.05, 4.69) is 30.9 Å². The van der Waals surface area contributed by atoms with Crippen molar-refractivity contribution in [3.05, 3.63) is 52.5 Å². The number of carbonyl (C=O) groups is 1. The second kappa shape index (κ2) is 11.1. The monoisotopic (exact) mass is 492 g/mol. The lowest BCUT2D eigenvalue weighted by Gasteiger charge is -2.26. The van der Waals surface area contributed by atoms with Gasteiger partial charge in [0.2, 0.25) is 5.91 Å². The Balaban J connectivity index is 1.51. The van der Waals surface area contributed by atoms with Crippen LogP contribution in [0.4, 0.5) is 14.5 Å². The molecule has 2 heterocycles. The number of aromatic nitrogens is 3. The van der Waals surface area contributed by atoms with E-state index >= 15 is 0 Å². The number of benzene rings is 1. The number of rotatable bonds is 9. The number of thioether (sulfide) groups is 1. The minimum absolute atomic E-state index is 0.0679. The largest absolute Gasteiger partial charge is 0.433 e. The van der Waals surface area contributed by atoms with Crippen molar-refractivity contribution in [3.8, 4) is 5.75 Å². The maximum absolute atomic E-state index is 12.9. The molecule has 1 amide bonds. The summed E-state index contributed by atoms with van der Waals surface area (Å²) >= 11 is 3.03. The van der Waals surface area contributed by atoms with Gasteiger partial charge in [-0.1, -0.05) is 49.2 Å². The third-order valence-electron chi connectivity index (χ3n) is 5.60. The molecule has 0 saturated heterocycles. The molecule has 33 heavy (non-hydrogen) atoms. The molecule has 1 atom stereocenters. The van der Waals surface area contributed by atoms with Crippen LogP contribution in [-0.4, -0.2) is 32.5 Å². The first-order chi connectivity index (χ1) is 16.0. The number of thiophene rings is 1. The van der Waals surface area contributed by atoms with Crippen molar-refractivity contribution in [3.63, 3.8) is 0 Å². The summed E-state index contributed by atoms with van der Waals surface area (Å²) in [6, 6.07) is 10.6. The summed E-state index contributed by atoms with van der Waals surface area (Å²) in [6.45, 7) is -1.19. The molecular weight excluding hydrogens is 466 g/mol. The van der Waals surface area contributed by atoms with Crippen LogP contribution in [0.5, 0.6) is 5.75 Å². The SMILES string of the molecule is CC(Sc1nnc(Cc2cccs2)n1C1CCCCC1)C(=O)Nc1ccccc1OC(F)F. The molecule has 1 aliphatic carbocycles. The molecule has 1 saturated carbocycles. The van der Waals surface area contributed by atoms with Crippen LogP contribution >= 0.6 is 23.1 Å². The molecule has 1 fully saturated rings. The smallest absolute Gasteiger partial charge is 0.387 e. The number of anilines is 1. The van der Waals surface area contributed by atoms with E-state index in [1.807, 2.05) is 11.4 Å². The molecule has 2 aromatic heterocycles. The Hall–Kier alpha value is -2.46. The number of hydrogen-bond acceptors (Lipinski definition) is 6. The van der Waals surface area contributed by atoms with Crippen LogP contribution in [0.15, 0.2) is 46.9 Å². The van der Waals surface area contributed by atoms with Gasteiger partial charge in [-0.3, -0.25) is 4.79 Å². The van der Waals surface area contributed by atoms with Gasteiger partial charge < -0.3 is 14.6 Å². The van der Waals surface area contributed by atoms with Crippen LogP contribution in [0.25, 0.3) is 0 Å². The van der Waals surface area contributed by atoms with Gasteiger partial charge in [-0.2, -0.15) is 8.78 Å². The Kier molecular flexibility index (Phi) is 7.97. The molecule has 1 aromatic carbocycles. The van der Waals surface area contributed by atoms with E-state index < -0.39 is 11.9 Å². The summed E-state index contributed by atoms with van der Waals surface area (Å²) in [5.74, 6) is 0.528. The first-order valence-electron chi connectivity index (χ1n) is 11.0. The van der Waals surface area contributed by atoms with Crippen molar-refractivity contribution >= 4 is 34.7 Å². The highest BCUT2D eigenvalue weighted by Gasteiger charge is 2.26. The van der Waals surface area contributed by atoms with E-state index in [-0.39, 0.29) is 17.3 Å². The summed E-state index contributed by atoms with van der Waals surface area (Å²) in [5.41, 5.74) is 0.211. The quantitative estimate of drug-likeness (QED) is 0.363. The van der Waals surface area contributed by atoms with Crippen LogP contribution in [0.3, 0.4) is 0 Å². The fourth-order valence-corrected chi connectivity index (χ4v) is 5.64. The van der Waals surface area contributed by atoms with Crippen molar-refractivity contribution in [1.29, 1.82) is 0 Å². The number of alkyl halides is 2. The Morgan fingerprint density at radius 2 is 2.00 bits per heavy atom. The van der Waals surface area contributed by atoms with Crippen molar-refractivity contribution in [2.24, 2.45) is 0 Å². The van der Waals surface area contributed by atoms with Gasteiger partial charge in [-0.15, -0.1) is 21.5 Å². The lowest BCUT2D eigenvalue weighted by atomic mass is 9.95. The summed E-state index contributed by atoms with van der Waals surface area (Å²) in [7, 11) is 0. The van der Waals surface area contributed by atoms with Gasteiger partial charge in [0.05, 0.1) is 10.9 Å². The molecule has 1 N–H and O–H groups in total. The molecule has 176 valence electrons. The molecule has 0 radical (unpaired) electrons. The summed E-state index contributed by atoms with van der Waals surface area (Å²) in [4.78, 5) is 14.1. The summed E-state index contributed by atoms with van der Waals surface area (Å²) in [5, 5.41) is 13.9. The van der Waals surface area contributed by atoms with Crippen molar-refractivity contribution in [2.45, 2.75) is 68.5 Å². The average Bonchev–Trinajstić information content (AvgIpc) is 3.45. The third kappa shape index (κ3) is 6.11. The van der Waals surface area contributed by atoms with E-state index in [1.54, 1.807) is 30.4 Å². The number of nitrogens with one attached hydrogen (secondary N) is 1. The molecule has 1 aliphatic rings. The third-order valence-corrected chi connectivity index (χ3v) is 7.53. The fraction of sp³-hybridized carbons (Fsp3) is 0.435. The maximum atomic E-state index is 12.9. The molecule has 1 unspecified atom stereocenters. The number of carbonyl (C=O) groups excluding carboxylic acids is 1. The van der Waals surface area contributed by atoms with Crippen LogP contribution in [0.1, 0.15) is 55.8 Å².